The molecule has 148 valence electrons. The molecule has 0 heterocycles. The van der Waals surface area contributed by atoms with E-state index in [-0.39, 0.29) is 40.2 Å². The van der Waals surface area contributed by atoms with Crippen LogP contribution in [0.3, 0.4) is 0 Å². The fourth-order valence-electron chi connectivity index (χ4n) is 2.27. The number of benzene rings is 2. The third-order valence-corrected chi connectivity index (χ3v) is 5.10. The maximum absolute atomic E-state index is 13.4. The summed E-state index contributed by atoms with van der Waals surface area (Å²) in [5.74, 6) is -0.892. The monoisotopic (exact) mass is 415 g/mol. The van der Waals surface area contributed by atoms with Gasteiger partial charge in [0.25, 0.3) is 15.9 Å². The summed E-state index contributed by atoms with van der Waals surface area (Å²) in [4.78, 5) is 12.3. The number of halogens is 2. The molecule has 2 aromatic rings. The van der Waals surface area contributed by atoms with E-state index in [0.29, 0.717) is 13.0 Å². The molecule has 0 saturated heterocycles. The zero-order valence-corrected chi connectivity index (χ0v) is 16.7. The molecule has 0 aliphatic rings. The maximum atomic E-state index is 13.4. The van der Waals surface area contributed by atoms with E-state index < -0.39 is 21.7 Å². The molecule has 2 aromatic carbocycles. The molecule has 0 saturated carbocycles. The molecule has 0 radical (unpaired) electrons. The molecule has 1 unspecified atom stereocenters. The smallest absolute Gasteiger partial charge is 0.261 e. The first-order chi connectivity index (χ1) is 12.2. The lowest BCUT2D eigenvalue weighted by atomic mass is 10.1. The molecule has 9 heteroatoms. The number of nitrogens with one attached hydrogen (secondary N) is 2. The van der Waals surface area contributed by atoms with E-state index in [1.165, 1.54) is 31.2 Å². The minimum Gasteiger partial charge on any atom is -0.352 e. The first-order valence-corrected chi connectivity index (χ1v) is 9.61. The number of hydrogen-bond donors (Lipinski definition) is 3. The van der Waals surface area contributed by atoms with Crippen molar-refractivity contribution < 1.29 is 17.6 Å². The van der Waals surface area contributed by atoms with Crippen molar-refractivity contribution in [2.24, 2.45) is 5.73 Å². The molecule has 27 heavy (non-hydrogen) atoms. The number of hydrogen-bond acceptors (Lipinski definition) is 4. The predicted octanol–water partition coefficient (Wildman–Crippen LogP) is 2.82. The van der Waals surface area contributed by atoms with Crippen LogP contribution in [0, 0.1) is 12.7 Å². The van der Waals surface area contributed by atoms with Gasteiger partial charge in [-0.15, -0.1) is 12.4 Å². The Bertz CT molecular complexity index is 904. The Labute approximate surface area is 164 Å². The Morgan fingerprint density at radius 2 is 1.89 bits per heavy atom. The average molecular weight is 416 g/mol. The third kappa shape index (κ3) is 6.20. The zero-order valence-electron chi connectivity index (χ0n) is 15.0. The van der Waals surface area contributed by atoms with Gasteiger partial charge in [0.15, 0.2) is 0 Å². The van der Waals surface area contributed by atoms with Crippen molar-refractivity contribution in [2.75, 3.05) is 11.3 Å². The highest BCUT2D eigenvalue weighted by atomic mass is 35.5. The lowest BCUT2D eigenvalue weighted by molar-refractivity contribution is 0.0953. The summed E-state index contributed by atoms with van der Waals surface area (Å²) in [6.45, 7) is 3.70. The number of para-hydroxylation sites is 1. The largest absolute Gasteiger partial charge is 0.352 e. The molecule has 2 rings (SSSR count). The average Bonchev–Trinajstić information content (AvgIpc) is 2.57. The molecule has 0 aliphatic carbocycles. The van der Waals surface area contributed by atoms with Crippen molar-refractivity contribution in [2.45, 2.75) is 31.2 Å². The van der Waals surface area contributed by atoms with Gasteiger partial charge in [0.2, 0.25) is 0 Å². The lowest BCUT2D eigenvalue weighted by Gasteiger charge is -2.13. The molecule has 1 atom stereocenters. The summed E-state index contributed by atoms with van der Waals surface area (Å²) in [5, 5.41) is 2.71. The molecule has 0 fully saturated rings. The number of sulfonamides is 1. The number of rotatable bonds is 7. The quantitative estimate of drug-likeness (QED) is 0.647. The second kappa shape index (κ2) is 9.68. The van der Waals surface area contributed by atoms with E-state index in [2.05, 4.69) is 10.0 Å². The summed E-state index contributed by atoms with van der Waals surface area (Å²) in [7, 11) is -3.96. The Balaban J connectivity index is 0.00000364. The fraction of sp³-hybridized carbons (Fsp3) is 0.278. The van der Waals surface area contributed by atoms with E-state index >= 15 is 0 Å². The standard InChI is InChI=1S/C18H22FN3O3S.ClH/c1-12-11-14(7-8-16(12)19)26(24,25)22-17-6-4-3-5-15(17)18(23)21-10-9-13(2)20;/h3-8,11,13,22H,9-10,20H2,1-2H3,(H,21,23);1H. The van der Waals surface area contributed by atoms with Crippen molar-refractivity contribution in [3.05, 3.63) is 59.4 Å². The highest BCUT2D eigenvalue weighted by molar-refractivity contribution is 7.92. The second-order valence-corrected chi connectivity index (χ2v) is 7.77. The molecule has 6 nitrogen and oxygen atoms in total. The lowest BCUT2D eigenvalue weighted by Crippen LogP contribution is -2.29. The number of carbonyl (C=O) groups is 1. The van der Waals surface area contributed by atoms with Crippen LogP contribution in [0.4, 0.5) is 10.1 Å². The molecule has 0 spiro atoms. The van der Waals surface area contributed by atoms with Crippen LogP contribution in [-0.2, 0) is 10.0 Å². The highest BCUT2D eigenvalue weighted by Crippen LogP contribution is 2.21. The van der Waals surface area contributed by atoms with E-state index in [1.54, 1.807) is 12.1 Å². The van der Waals surface area contributed by atoms with Crippen LogP contribution in [0.15, 0.2) is 47.4 Å². The van der Waals surface area contributed by atoms with Crippen molar-refractivity contribution in [1.82, 2.24) is 5.32 Å². The molecule has 0 aromatic heterocycles. The number of anilines is 1. The third-order valence-electron chi connectivity index (χ3n) is 3.74. The Hall–Kier alpha value is -2.16. The predicted molar refractivity (Wildman–Crippen MR) is 106 cm³/mol. The summed E-state index contributed by atoms with van der Waals surface area (Å²) >= 11 is 0. The van der Waals surface area contributed by atoms with Crippen LogP contribution in [0.1, 0.15) is 29.3 Å². The zero-order chi connectivity index (χ0) is 19.3. The molecule has 0 aliphatic heterocycles. The normalized spacial score (nSPS) is 12.0. The van der Waals surface area contributed by atoms with Gasteiger partial charge >= 0.3 is 0 Å². The minimum atomic E-state index is -3.96. The van der Waals surface area contributed by atoms with Crippen LogP contribution in [-0.4, -0.2) is 26.9 Å². The van der Waals surface area contributed by atoms with Crippen molar-refractivity contribution in [1.29, 1.82) is 0 Å². The summed E-state index contributed by atoms with van der Waals surface area (Å²) in [5.41, 5.74) is 6.21. The fourth-order valence-corrected chi connectivity index (χ4v) is 3.43. The van der Waals surface area contributed by atoms with E-state index in [9.17, 15) is 17.6 Å². The molecular weight excluding hydrogens is 393 g/mol. The molecular formula is C18H23ClFN3O3S. The van der Waals surface area contributed by atoms with E-state index in [4.69, 9.17) is 5.73 Å². The van der Waals surface area contributed by atoms with Crippen molar-refractivity contribution >= 4 is 34.0 Å². The van der Waals surface area contributed by atoms with Gasteiger partial charge in [0.05, 0.1) is 16.1 Å². The van der Waals surface area contributed by atoms with Gasteiger partial charge < -0.3 is 11.1 Å². The number of aryl methyl sites for hydroxylation is 1. The topological polar surface area (TPSA) is 101 Å². The van der Waals surface area contributed by atoms with Gasteiger partial charge in [0, 0.05) is 12.6 Å². The number of nitrogens with two attached hydrogens (primary N) is 1. The first kappa shape index (κ1) is 22.9. The van der Waals surface area contributed by atoms with Crippen LogP contribution < -0.4 is 15.8 Å². The maximum Gasteiger partial charge on any atom is 0.261 e. The number of carbonyl (C=O) groups excluding carboxylic acids is 1. The SMILES string of the molecule is Cc1cc(S(=O)(=O)Nc2ccccc2C(=O)NCCC(C)N)ccc1F.Cl. The summed E-state index contributed by atoms with van der Waals surface area (Å²) in [6, 6.07) is 9.73. The van der Waals surface area contributed by atoms with Crippen LogP contribution in [0.25, 0.3) is 0 Å². The van der Waals surface area contributed by atoms with Gasteiger partial charge in [-0.2, -0.15) is 0 Å². The van der Waals surface area contributed by atoms with E-state index in [0.717, 1.165) is 6.07 Å². The summed E-state index contributed by atoms with van der Waals surface area (Å²) < 4.78 is 40.9. The highest BCUT2D eigenvalue weighted by Gasteiger charge is 2.19. The second-order valence-electron chi connectivity index (χ2n) is 6.08. The molecule has 4 N–H and O–H groups in total. The minimum absolute atomic E-state index is 0. The molecule has 0 bridgehead atoms. The van der Waals surface area contributed by atoms with Gasteiger partial charge in [-0.3, -0.25) is 9.52 Å². The Morgan fingerprint density at radius 1 is 1.22 bits per heavy atom. The van der Waals surface area contributed by atoms with Crippen molar-refractivity contribution in [3.8, 4) is 0 Å². The van der Waals surface area contributed by atoms with Crippen molar-refractivity contribution in [3.63, 3.8) is 0 Å². The Morgan fingerprint density at radius 3 is 2.52 bits per heavy atom. The van der Waals surface area contributed by atoms with Gasteiger partial charge in [-0.05, 0) is 56.2 Å². The van der Waals surface area contributed by atoms with Crippen LogP contribution >= 0.6 is 12.4 Å². The van der Waals surface area contributed by atoms with Crippen LogP contribution in [0.5, 0.6) is 0 Å². The van der Waals surface area contributed by atoms with E-state index in [1.807, 2.05) is 6.92 Å². The van der Waals surface area contributed by atoms with Gasteiger partial charge in [0.1, 0.15) is 5.82 Å². The molecule has 1 amide bonds. The number of amides is 1. The van der Waals surface area contributed by atoms with Gasteiger partial charge in [-0.25, -0.2) is 12.8 Å². The first-order valence-electron chi connectivity index (χ1n) is 8.12. The Kier molecular flexibility index (Phi) is 8.20. The van der Waals surface area contributed by atoms with Crippen LogP contribution in [0.2, 0.25) is 0 Å². The van der Waals surface area contributed by atoms with Gasteiger partial charge in [-0.1, -0.05) is 12.1 Å². The summed E-state index contributed by atoms with van der Waals surface area (Å²) in [6.07, 6.45) is 0.606.